The Bertz CT molecular complexity index is 334. The highest BCUT2D eigenvalue weighted by atomic mass is 15.2. The van der Waals surface area contributed by atoms with Crippen LogP contribution in [0, 0.1) is 0 Å². The van der Waals surface area contributed by atoms with Crippen molar-refractivity contribution in [2.75, 3.05) is 37.8 Å². The molecular formula is C13H21N3. The third-order valence-corrected chi connectivity index (χ3v) is 3.49. The van der Waals surface area contributed by atoms with Crippen LogP contribution in [-0.4, -0.2) is 38.1 Å². The fourth-order valence-electron chi connectivity index (χ4n) is 2.36. The van der Waals surface area contributed by atoms with Crippen LogP contribution in [0.3, 0.4) is 0 Å². The first-order valence-electron chi connectivity index (χ1n) is 5.94. The third-order valence-electron chi connectivity index (χ3n) is 3.49. The monoisotopic (exact) mass is 219 g/mol. The predicted molar refractivity (Wildman–Crippen MR) is 69.8 cm³/mol. The van der Waals surface area contributed by atoms with E-state index in [1.54, 1.807) is 0 Å². The molecule has 0 saturated carbocycles. The van der Waals surface area contributed by atoms with Crippen LogP contribution in [0.15, 0.2) is 24.3 Å². The Morgan fingerprint density at radius 2 is 2.06 bits per heavy atom. The summed E-state index contributed by atoms with van der Waals surface area (Å²) in [5.74, 6) is 0. The number of hydrogen-bond donors (Lipinski definition) is 1. The molecule has 0 aliphatic carbocycles. The zero-order valence-electron chi connectivity index (χ0n) is 10.2. The largest absolute Gasteiger partial charge is 0.399 e. The van der Waals surface area contributed by atoms with Crippen LogP contribution >= 0.6 is 0 Å². The fourth-order valence-corrected chi connectivity index (χ4v) is 2.36. The van der Waals surface area contributed by atoms with Crippen LogP contribution in [0.5, 0.6) is 0 Å². The number of likely N-dealkylation sites (tertiary alicyclic amines) is 1. The number of likely N-dealkylation sites (N-methyl/N-ethyl adjacent to an activating group) is 2. The Morgan fingerprint density at radius 3 is 2.62 bits per heavy atom. The Morgan fingerprint density at radius 1 is 1.38 bits per heavy atom. The number of nitrogen functional groups attached to an aromatic ring is 1. The summed E-state index contributed by atoms with van der Waals surface area (Å²) < 4.78 is 0. The highest BCUT2D eigenvalue weighted by Gasteiger charge is 2.21. The standard InChI is InChI=1S/C13H21N3/c1-15-9-3-4-13(15)10-16(2)12-7-5-11(14)6-8-12/h5-8,13H,3-4,9-10,14H2,1-2H3. The molecule has 1 saturated heterocycles. The van der Waals surface area contributed by atoms with Crippen molar-refractivity contribution in [1.29, 1.82) is 0 Å². The molecule has 2 rings (SSSR count). The van der Waals surface area contributed by atoms with Gasteiger partial charge < -0.3 is 15.5 Å². The van der Waals surface area contributed by atoms with E-state index in [4.69, 9.17) is 5.73 Å². The quantitative estimate of drug-likeness (QED) is 0.787. The Labute approximate surface area is 97.8 Å². The normalized spacial score (nSPS) is 21.2. The molecule has 1 aromatic rings. The number of nitrogens with zero attached hydrogens (tertiary/aromatic N) is 2. The summed E-state index contributed by atoms with van der Waals surface area (Å²) in [6.45, 7) is 2.33. The first-order valence-corrected chi connectivity index (χ1v) is 5.94. The summed E-state index contributed by atoms with van der Waals surface area (Å²) in [6, 6.07) is 8.80. The van der Waals surface area contributed by atoms with E-state index in [-0.39, 0.29) is 0 Å². The van der Waals surface area contributed by atoms with Crippen LogP contribution in [0.4, 0.5) is 11.4 Å². The Hall–Kier alpha value is -1.22. The average Bonchev–Trinajstić information content (AvgIpc) is 2.65. The molecule has 0 aromatic heterocycles. The van der Waals surface area contributed by atoms with Crippen molar-refractivity contribution < 1.29 is 0 Å². The smallest absolute Gasteiger partial charge is 0.0365 e. The second kappa shape index (κ2) is 4.74. The fraction of sp³-hybridized carbons (Fsp3) is 0.538. The molecule has 0 bridgehead atoms. The summed E-state index contributed by atoms with van der Waals surface area (Å²) in [5.41, 5.74) is 7.76. The van der Waals surface area contributed by atoms with Crippen LogP contribution in [0.2, 0.25) is 0 Å². The molecule has 0 spiro atoms. The Kier molecular flexibility index (Phi) is 3.34. The molecule has 88 valence electrons. The van der Waals surface area contributed by atoms with Gasteiger partial charge in [0.05, 0.1) is 0 Å². The van der Waals surface area contributed by atoms with Gasteiger partial charge in [0.1, 0.15) is 0 Å². The zero-order chi connectivity index (χ0) is 11.5. The lowest BCUT2D eigenvalue weighted by Gasteiger charge is -2.27. The van der Waals surface area contributed by atoms with Crippen molar-refractivity contribution in [3.8, 4) is 0 Å². The minimum Gasteiger partial charge on any atom is -0.399 e. The van der Waals surface area contributed by atoms with Gasteiger partial charge in [-0.2, -0.15) is 0 Å². The number of anilines is 2. The van der Waals surface area contributed by atoms with E-state index < -0.39 is 0 Å². The number of benzene rings is 1. The van der Waals surface area contributed by atoms with Gasteiger partial charge >= 0.3 is 0 Å². The maximum Gasteiger partial charge on any atom is 0.0365 e. The minimum atomic E-state index is 0.697. The van der Waals surface area contributed by atoms with Gasteiger partial charge in [-0.15, -0.1) is 0 Å². The van der Waals surface area contributed by atoms with Gasteiger partial charge in [-0.25, -0.2) is 0 Å². The highest BCUT2D eigenvalue weighted by molar-refractivity contribution is 5.52. The lowest BCUT2D eigenvalue weighted by atomic mass is 10.2. The average molecular weight is 219 g/mol. The van der Waals surface area contributed by atoms with Crippen LogP contribution in [-0.2, 0) is 0 Å². The lowest BCUT2D eigenvalue weighted by Crippen LogP contribution is -2.36. The van der Waals surface area contributed by atoms with Crippen LogP contribution in [0.1, 0.15) is 12.8 Å². The summed E-state index contributed by atoms with van der Waals surface area (Å²) in [4.78, 5) is 4.76. The van der Waals surface area contributed by atoms with Crippen molar-refractivity contribution in [3.63, 3.8) is 0 Å². The maximum absolute atomic E-state index is 5.69. The molecule has 1 fully saturated rings. The zero-order valence-corrected chi connectivity index (χ0v) is 10.2. The molecule has 1 heterocycles. The molecule has 1 unspecified atom stereocenters. The summed E-state index contributed by atoms with van der Waals surface area (Å²) in [5, 5.41) is 0. The molecule has 16 heavy (non-hydrogen) atoms. The molecule has 0 radical (unpaired) electrons. The van der Waals surface area contributed by atoms with Crippen molar-refractivity contribution in [2.24, 2.45) is 0 Å². The summed E-state index contributed by atoms with van der Waals surface area (Å²) >= 11 is 0. The Balaban J connectivity index is 1.97. The molecule has 2 N–H and O–H groups in total. The second-order valence-electron chi connectivity index (χ2n) is 4.75. The van der Waals surface area contributed by atoms with E-state index in [2.05, 4.69) is 36.0 Å². The molecule has 3 heteroatoms. The maximum atomic E-state index is 5.69. The second-order valence-corrected chi connectivity index (χ2v) is 4.75. The molecule has 1 aromatic carbocycles. The van der Waals surface area contributed by atoms with Gasteiger partial charge in [0.25, 0.3) is 0 Å². The molecule has 1 atom stereocenters. The van der Waals surface area contributed by atoms with Crippen LogP contribution < -0.4 is 10.6 Å². The number of nitrogens with two attached hydrogens (primary N) is 1. The molecule has 1 aliphatic rings. The van der Waals surface area contributed by atoms with E-state index in [1.807, 2.05) is 12.1 Å². The van der Waals surface area contributed by atoms with Gasteiger partial charge in [-0.05, 0) is 50.7 Å². The SMILES string of the molecule is CN(CC1CCCN1C)c1ccc(N)cc1. The summed E-state index contributed by atoms with van der Waals surface area (Å²) in [6.07, 6.45) is 2.65. The van der Waals surface area contributed by atoms with Gasteiger partial charge in [0.15, 0.2) is 0 Å². The molecule has 1 aliphatic heterocycles. The lowest BCUT2D eigenvalue weighted by molar-refractivity contribution is 0.314. The van der Waals surface area contributed by atoms with E-state index >= 15 is 0 Å². The van der Waals surface area contributed by atoms with Crippen LogP contribution in [0.25, 0.3) is 0 Å². The summed E-state index contributed by atoms with van der Waals surface area (Å²) in [7, 11) is 4.37. The van der Waals surface area contributed by atoms with Crippen molar-refractivity contribution in [1.82, 2.24) is 4.90 Å². The predicted octanol–water partition coefficient (Wildman–Crippen LogP) is 1.80. The molecular weight excluding hydrogens is 198 g/mol. The minimum absolute atomic E-state index is 0.697. The first-order chi connectivity index (χ1) is 7.66. The number of hydrogen-bond acceptors (Lipinski definition) is 3. The van der Waals surface area contributed by atoms with E-state index in [1.165, 1.54) is 25.1 Å². The van der Waals surface area contributed by atoms with Gasteiger partial charge in [-0.1, -0.05) is 0 Å². The van der Waals surface area contributed by atoms with Crippen molar-refractivity contribution in [2.45, 2.75) is 18.9 Å². The van der Waals surface area contributed by atoms with Crippen molar-refractivity contribution in [3.05, 3.63) is 24.3 Å². The van der Waals surface area contributed by atoms with Crippen molar-refractivity contribution >= 4 is 11.4 Å². The van der Waals surface area contributed by atoms with E-state index in [0.29, 0.717) is 6.04 Å². The topological polar surface area (TPSA) is 32.5 Å². The van der Waals surface area contributed by atoms with Gasteiger partial charge in [0, 0.05) is 31.0 Å². The third kappa shape index (κ3) is 2.47. The van der Waals surface area contributed by atoms with E-state index in [0.717, 1.165) is 12.2 Å². The van der Waals surface area contributed by atoms with Gasteiger partial charge in [0.2, 0.25) is 0 Å². The first kappa shape index (κ1) is 11.3. The van der Waals surface area contributed by atoms with Gasteiger partial charge in [-0.3, -0.25) is 0 Å². The highest BCUT2D eigenvalue weighted by Crippen LogP contribution is 2.20. The van der Waals surface area contributed by atoms with E-state index in [9.17, 15) is 0 Å². The molecule has 3 nitrogen and oxygen atoms in total. The molecule has 0 amide bonds. The number of rotatable bonds is 3.